The van der Waals surface area contributed by atoms with Gasteiger partial charge in [-0.05, 0) is 107 Å². The smallest absolute Gasteiger partial charge is 0.354 e. The third-order valence-corrected chi connectivity index (χ3v) is 20.9. The number of hydrogen-bond acceptors (Lipinski definition) is 27. The Kier molecular flexibility index (Phi) is 37.7. The fourth-order valence-corrected chi connectivity index (χ4v) is 13.9. The molecule has 0 saturated heterocycles. The van der Waals surface area contributed by atoms with Crippen LogP contribution < -0.4 is 49.8 Å². The van der Waals surface area contributed by atoms with E-state index >= 15 is 0 Å². The molecule has 4 aromatic heterocycles. The molecule has 0 bridgehead atoms. The molecule has 0 atom stereocenters. The van der Waals surface area contributed by atoms with Crippen molar-refractivity contribution in [3.8, 4) is 23.5 Å². The van der Waals surface area contributed by atoms with Gasteiger partial charge in [0.25, 0.3) is 65.9 Å². The van der Waals surface area contributed by atoms with Crippen molar-refractivity contribution >= 4 is 169 Å². The van der Waals surface area contributed by atoms with Crippen LogP contribution in [0.2, 0.25) is 20.1 Å². The van der Waals surface area contributed by atoms with E-state index in [0.29, 0.717) is 34.9 Å². The first-order valence-electron chi connectivity index (χ1n) is 33.9. The molecule has 0 unspecified atom stereocenters. The molecule has 4 aliphatic heterocycles. The summed E-state index contributed by atoms with van der Waals surface area (Å²) in [5.41, 5.74) is 12.6. The Morgan fingerprint density at radius 3 is 1.07 bits per heavy atom. The summed E-state index contributed by atoms with van der Waals surface area (Å²) in [6, 6.07) is 35.9. The Morgan fingerprint density at radius 1 is 0.415 bits per heavy atom. The molecule has 0 aliphatic carbocycles. The van der Waals surface area contributed by atoms with Crippen LogP contribution in [0.15, 0.2) is 180 Å². The molecular weight excluding hydrogens is 1820 g/mol. The molecule has 0 spiro atoms. The maximum absolute atomic E-state index is 13.3. The van der Waals surface area contributed by atoms with Crippen LogP contribution in [0.5, 0.6) is 23.5 Å². The average molecular weight is 1900 g/mol. The van der Waals surface area contributed by atoms with Gasteiger partial charge in [0.1, 0.15) is 11.1 Å². The summed E-state index contributed by atoms with van der Waals surface area (Å²) in [6.07, 6.45) is 5.51. The van der Waals surface area contributed by atoms with E-state index in [4.69, 9.17) is 87.5 Å². The fraction of sp³-hybridized carbons (Fsp3) is 0.198. The number of methoxy groups -OCH3 is 4. The summed E-state index contributed by atoms with van der Waals surface area (Å²) in [7, 11) is 3.47. The summed E-state index contributed by atoms with van der Waals surface area (Å²) < 4.78 is 74.4. The maximum Gasteiger partial charge on any atom is 0.354 e. The van der Waals surface area contributed by atoms with Gasteiger partial charge in [0.05, 0.1) is 149 Å². The van der Waals surface area contributed by atoms with Gasteiger partial charge in [0.15, 0.2) is 5.56 Å². The average Bonchev–Trinajstić information content (AvgIpc) is 1.60. The van der Waals surface area contributed by atoms with Crippen molar-refractivity contribution in [2.45, 2.75) is 91.4 Å². The predicted octanol–water partition coefficient (Wildman–Crippen LogP) is 17.1. The zero-order chi connectivity index (χ0) is 87.5. The first kappa shape index (κ1) is 106. The molecule has 6 aromatic carbocycles. The van der Waals surface area contributed by atoms with Crippen molar-refractivity contribution in [3.05, 3.63) is 273 Å². The van der Waals surface area contributed by atoms with E-state index in [1.54, 1.807) is 68.8 Å². The standard InChI is InChI=1S/C24H22ClN3O5S.C14H8ClN3O5.C14H10ClN3O3.C10H13ClO2S.C8H2ClNO5.C6H8N2O.C2H5.3CH4.2V/c1-24(2,3)14-5-8-16(9-6-14)34(31,32)27-18-11-10-17(25)20-21(18)23(30)28(22(20)29)15-7-12-19(33-4)26-13-15;1-23-10-5-2-7(6-16-10)17-13(19)11-8(15)3-4-9(18(21)22)12(11)14(17)20;1-21-10-5-2-7(6-17-10)18-13(19)11-8(15)3-4-9(16)12(11)14(18)20;1-10(2,3)8-4-6-9(7-5-8)14(11,12)13;9-3-1-2-4(10(13)14)6-5(3)7(11)15-8(6)12;1-9-6-3-2-5(7)4-8-6;1-2;;;;;/h5-13,27H,1-4H3;2-6H,1H3;2-6H,16H2,1H3;4-7H,1-3H3;1-2H;2-4H,7H2,1H3;1H2,2H3;3*1H4;;/q;;;;;;-1;;;;;. The number of aromatic nitrogens is 4. The fourth-order valence-electron chi connectivity index (χ4n) is 11.1. The molecule has 10 aromatic rings. The van der Waals surface area contributed by atoms with Crippen molar-refractivity contribution in [2.75, 3.05) is 59.3 Å². The van der Waals surface area contributed by atoms with E-state index in [0.717, 1.165) is 38.0 Å². The van der Waals surface area contributed by atoms with Gasteiger partial charge in [-0.3, -0.25) is 53.7 Å². The summed E-state index contributed by atoms with van der Waals surface area (Å²) >= 11 is 23.8. The van der Waals surface area contributed by atoms with E-state index in [9.17, 15) is 75.4 Å². The molecule has 14 rings (SSSR count). The van der Waals surface area contributed by atoms with Gasteiger partial charge in [-0.1, -0.05) is 134 Å². The molecule has 5 N–H and O–H groups in total. The molecule has 2 radical (unpaired) electrons. The Bertz CT molecular complexity index is 5840. The number of nitro benzene ring substituents is 2. The number of amides is 6. The summed E-state index contributed by atoms with van der Waals surface area (Å²) in [4.78, 5) is 137. The number of nitrogens with zero attached hydrogens (tertiary/aromatic N) is 9. The van der Waals surface area contributed by atoms with E-state index in [1.807, 2.05) is 20.8 Å². The topological polar surface area (TPSA) is 463 Å². The third-order valence-electron chi connectivity index (χ3n) is 16.9. The van der Waals surface area contributed by atoms with Crippen LogP contribution in [0, 0.1) is 27.2 Å². The van der Waals surface area contributed by atoms with Crippen LogP contribution >= 0.6 is 57.1 Å². The molecule has 123 heavy (non-hydrogen) atoms. The van der Waals surface area contributed by atoms with Crippen LogP contribution in [-0.4, -0.2) is 122 Å². The van der Waals surface area contributed by atoms with Crippen LogP contribution in [0.1, 0.15) is 165 Å². The number of imide groups is 3. The quantitative estimate of drug-likeness (QED) is 0.0141. The number of benzene rings is 6. The minimum Gasteiger partial charge on any atom is -0.481 e. The number of carbonyl (C=O) groups excluding carboxylic acids is 8. The van der Waals surface area contributed by atoms with Crippen LogP contribution in [0.3, 0.4) is 0 Å². The second-order valence-electron chi connectivity index (χ2n) is 26.3. The van der Waals surface area contributed by atoms with E-state index in [2.05, 4.69) is 57.1 Å². The number of sulfonamides is 1. The van der Waals surface area contributed by atoms with Gasteiger partial charge in [0, 0.05) is 89.9 Å². The Balaban J connectivity index is 0.000000392. The molecule has 8 heterocycles. The number of carbonyl (C=O) groups is 8. The van der Waals surface area contributed by atoms with Gasteiger partial charge < -0.3 is 42.1 Å². The third kappa shape index (κ3) is 23.8. The first-order chi connectivity index (χ1) is 55.5. The Morgan fingerprint density at radius 2 is 0.724 bits per heavy atom. The van der Waals surface area contributed by atoms with E-state index in [1.165, 1.54) is 125 Å². The van der Waals surface area contributed by atoms with E-state index < -0.39 is 87.7 Å². The number of nitrogens with two attached hydrogens (primary N) is 2. The van der Waals surface area contributed by atoms with Gasteiger partial charge >= 0.3 is 11.9 Å². The van der Waals surface area contributed by atoms with Gasteiger partial charge in [-0.25, -0.2) is 61.1 Å². The van der Waals surface area contributed by atoms with Crippen molar-refractivity contribution in [1.82, 2.24) is 19.9 Å². The SMILES string of the molecule is C.C.C.CC(C)(C)c1ccc(S(=O)(=O)Cl)cc1.COc1ccc(N)cn1.COc1ccc(N2C(=O)c3c(Cl)ccc(NS(=O)(=O)c4ccc(C(C)(C)C)cc4)c3C2=O)cn1.COc1ccc(N2C(=O)c3c(Cl)ccc([N+](=O)[O-])c3C2=O)cn1.COc1ccc(N2C(=O)c3c(N)ccc(Cl)c3C2=O)cn1.O=C1OC(=O)c2c([N+](=O)[O-])ccc(Cl)c21.[CH2-]C.[V].[V]. The number of halogens is 5. The predicted molar refractivity (Wildman–Crippen MR) is 460 cm³/mol. The van der Waals surface area contributed by atoms with Crippen LogP contribution in [0.4, 0.5) is 45.5 Å². The number of fused-ring (bicyclic) bond motifs is 4. The number of nitrogens with one attached hydrogen (secondary N) is 1. The van der Waals surface area contributed by atoms with Gasteiger partial charge in [-0.15, -0.1) is 0 Å². The van der Waals surface area contributed by atoms with Crippen molar-refractivity contribution in [1.29, 1.82) is 0 Å². The normalized spacial score (nSPS) is 12.4. The molecule has 33 nitrogen and oxygen atoms in total. The molecule has 6 amide bonds. The molecule has 0 saturated carbocycles. The van der Waals surface area contributed by atoms with Gasteiger partial charge in [0.2, 0.25) is 23.5 Å². The number of pyridine rings is 4. The molecule has 42 heteroatoms. The van der Waals surface area contributed by atoms with Crippen LogP contribution in [-0.2, 0) is 71.8 Å². The van der Waals surface area contributed by atoms with Crippen molar-refractivity contribution in [2.24, 2.45) is 0 Å². The number of rotatable bonds is 13. The Hall–Kier alpha value is -11.6. The van der Waals surface area contributed by atoms with Crippen LogP contribution in [0.25, 0.3) is 0 Å². The number of ether oxygens (including phenoxy) is 5. The minimum atomic E-state index is -4.05. The molecule has 0 fully saturated rings. The minimum absolute atomic E-state index is 0. The number of nitro groups is 2. The number of hydrogen-bond donors (Lipinski definition) is 3. The van der Waals surface area contributed by atoms with E-state index in [-0.39, 0.29) is 167 Å². The van der Waals surface area contributed by atoms with Crippen molar-refractivity contribution < 1.29 is 126 Å². The zero-order valence-electron chi connectivity index (χ0n) is 64.7. The second kappa shape index (κ2) is 43.9. The number of anilines is 6. The number of esters is 2. The first-order valence-corrected chi connectivity index (χ1v) is 39.2. The molecule has 648 valence electrons. The molecular formula is C81H80Cl5N12O21S2V2-. The zero-order valence-corrected chi connectivity index (χ0v) is 72.9. The van der Waals surface area contributed by atoms with Crippen molar-refractivity contribution in [3.63, 3.8) is 0 Å². The maximum atomic E-state index is 13.3. The summed E-state index contributed by atoms with van der Waals surface area (Å²) in [6.45, 7) is 17.3. The largest absolute Gasteiger partial charge is 0.481 e. The summed E-state index contributed by atoms with van der Waals surface area (Å²) in [5.74, 6) is -4.37. The molecule has 4 aliphatic rings. The number of nitrogen functional groups attached to an aromatic ring is 2. The monoisotopic (exact) mass is 1900 g/mol. The second-order valence-corrected chi connectivity index (χ2v) is 32.2. The number of cyclic esters (lactones) is 2. The Labute approximate surface area is 756 Å². The van der Waals surface area contributed by atoms with Gasteiger partial charge in [-0.2, -0.15) is 6.92 Å². The summed E-state index contributed by atoms with van der Waals surface area (Å²) in [5, 5.41) is 21.8.